The second kappa shape index (κ2) is 7.00. The first-order valence-electron chi connectivity index (χ1n) is 7.49. The maximum Gasteiger partial charge on any atom is 0.246 e. The number of halogens is 1. The topological polar surface area (TPSA) is 92.5 Å². The van der Waals surface area contributed by atoms with Crippen molar-refractivity contribution in [1.82, 2.24) is 14.5 Å². The molecule has 1 N–H and O–H groups in total. The first-order chi connectivity index (χ1) is 12.4. The Morgan fingerprint density at radius 2 is 2.31 bits per heavy atom. The number of fused-ring (bicyclic) bond motifs is 1. The van der Waals surface area contributed by atoms with Gasteiger partial charge in [0.05, 0.1) is 16.5 Å². The van der Waals surface area contributed by atoms with Gasteiger partial charge in [0.2, 0.25) is 12.3 Å². The third-order valence-corrected chi connectivity index (χ3v) is 4.60. The van der Waals surface area contributed by atoms with Gasteiger partial charge in [-0.15, -0.1) is 0 Å². The van der Waals surface area contributed by atoms with Gasteiger partial charge in [0.15, 0.2) is 16.8 Å². The molecular formula is C16H15FN6O2S. The lowest BCUT2D eigenvalue weighted by molar-refractivity contribution is -0.116. The molecule has 0 radical (unpaired) electrons. The fourth-order valence-corrected chi connectivity index (χ4v) is 3.32. The first kappa shape index (κ1) is 17.7. The van der Waals surface area contributed by atoms with Crippen molar-refractivity contribution in [2.45, 2.75) is 13.5 Å². The fraction of sp³-hybridized carbons (Fsp3) is 0.188. The highest BCUT2D eigenvalue weighted by atomic mass is 32.1. The molecule has 134 valence electrons. The Morgan fingerprint density at radius 1 is 1.54 bits per heavy atom. The molecule has 26 heavy (non-hydrogen) atoms. The van der Waals surface area contributed by atoms with Gasteiger partial charge < -0.3 is 9.88 Å². The van der Waals surface area contributed by atoms with Crippen molar-refractivity contribution < 1.29 is 14.0 Å². The van der Waals surface area contributed by atoms with Crippen molar-refractivity contribution in [3.05, 3.63) is 29.8 Å². The number of aromatic nitrogens is 3. The van der Waals surface area contributed by atoms with E-state index in [2.05, 4.69) is 27.0 Å². The number of thiazole rings is 1. The number of aryl methyl sites for hydroxylation is 1. The van der Waals surface area contributed by atoms with Gasteiger partial charge in [0.25, 0.3) is 0 Å². The molecule has 0 saturated carbocycles. The Kier molecular flexibility index (Phi) is 4.76. The van der Waals surface area contributed by atoms with Crippen LogP contribution in [0.4, 0.5) is 21.2 Å². The molecule has 3 rings (SSSR count). The molecule has 0 fully saturated rings. The zero-order valence-corrected chi connectivity index (χ0v) is 14.9. The molecule has 0 aliphatic rings. The van der Waals surface area contributed by atoms with Crippen LogP contribution in [0.2, 0.25) is 0 Å². The van der Waals surface area contributed by atoms with E-state index in [9.17, 15) is 14.0 Å². The predicted molar refractivity (Wildman–Crippen MR) is 98.8 cm³/mol. The highest BCUT2D eigenvalue weighted by Crippen LogP contribution is 2.29. The van der Waals surface area contributed by atoms with Gasteiger partial charge in [-0.25, -0.2) is 19.4 Å². The van der Waals surface area contributed by atoms with E-state index in [4.69, 9.17) is 0 Å². The third kappa shape index (κ3) is 3.31. The molecule has 10 heteroatoms. The largest absolute Gasteiger partial charge is 0.304 e. The summed E-state index contributed by atoms with van der Waals surface area (Å²) in [5.74, 6) is -0.0954. The predicted octanol–water partition coefficient (Wildman–Crippen LogP) is 2.50. The van der Waals surface area contributed by atoms with Crippen LogP contribution in [0.1, 0.15) is 5.56 Å². The summed E-state index contributed by atoms with van der Waals surface area (Å²) in [7, 11) is 1.52. The number of imidazole rings is 1. The average Bonchev–Trinajstić information content (AvgIpc) is 3.17. The summed E-state index contributed by atoms with van der Waals surface area (Å²) in [6, 6.07) is 3.03. The van der Waals surface area contributed by atoms with Gasteiger partial charge in [-0.05, 0) is 25.3 Å². The molecule has 0 atom stereocenters. The molecule has 2 heterocycles. The molecular weight excluding hydrogens is 359 g/mol. The zero-order valence-electron chi connectivity index (χ0n) is 14.1. The van der Waals surface area contributed by atoms with E-state index in [1.807, 2.05) is 0 Å². The van der Waals surface area contributed by atoms with Crippen LogP contribution in [-0.4, -0.2) is 40.6 Å². The van der Waals surface area contributed by atoms with Crippen molar-refractivity contribution in [3.63, 3.8) is 0 Å². The van der Waals surface area contributed by atoms with Gasteiger partial charge in [-0.1, -0.05) is 11.3 Å². The van der Waals surface area contributed by atoms with E-state index in [1.165, 1.54) is 40.2 Å². The molecule has 2 aromatic heterocycles. The summed E-state index contributed by atoms with van der Waals surface area (Å²) >= 11 is 1.26. The van der Waals surface area contributed by atoms with Gasteiger partial charge >= 0.3 is 0 Å². The highest BCUT2D eigenvalue weighted by Gasteiger charge is 2.16. The molecule has 8 nitrogen and oxygen atoms in total. The van der Waals surface area contributed by atoms with E-state index >= 15 is 0 Å². The molecule has 1 aromatic carbocycles. The number of carbonyl (C=O) groups excluding carboxylic acids is 2. The summed E-state index contributed by atoms with van der Waals surface area (Å²) < 4.78 is 15.9. The van der Waals surface area contributed by atoms with E-state index in [0.29, 0.717) is 34.3 Å². The maximum atomic E-state index is 13.6. The smallest absolute Gasteiger partial charge is 0.246 e. The number of hydrogen-bond acceptors (Lipinski definition) is 6. The number of carbonyl (C=O) groups is 2. The molecule has 3 aromatic rings. The lowest BCUT2D eigenvalue weighted by atomic mass is 10.2. The normalized spacial score (nSPS) is 10.7. The number of nitrogens with zero attached hydrogens (tertiary/aromatic N) is 5. The van der Waals surface area contributed by atoms with Crippen LogP contribution in [0, 0.1) is 12.7 Å². The van der Waals surface area contributed by atoms with Crippen LogP contribution in [0.25, 0.3) is 10.2 Å². The van der Waals surface area contributed by atoms with Crippen LogP contribution in [0.15, 0.2) is 23.5 Å². The SMILES string of the molecule is C=Nc1c(N(C)C=O)ncn1CC(=O)Nc1nc2cc(F)c(C)cc2s1. The van der Waals surface area contributed by atoms with Crippen LogP contribution in [-0.2, 0) is 16.1 Å². The van der Waals surface area contributed by atoms with Gasteiger partial charge in [-0.2, -0.15) is 0 Å². The molecule has 2 amide bonds. The molecule has 0 spiro atoms. The quantitative estimate of drug-likeness (QED) is 0.530. The molecule has 0 saturated heterocycles. The number of nitrogens with one attached hydrogen (secondary N) is 1. The molecule has 0 bridgehead atoms. The number of aliphatic imine (C=N–C) groups is 1. The van der Waals surface area contributed by atoms with Crippen molar-refractivity contribution in [1.29, 1.82) is 0 Å². The van der Waals surface area contributed by atoms with Crippen LogP contribution in [0.5, 0.6) is 0 Å². The molecule has 0 unspecified atom stereocenters. The van der Waals surface area contributed by atoms with Crippen LogP contribution in [0.3, 0.4) is 0 Å². The lowest BCUT2D eigenvalue weighted by Crippen LogP contribution is -2.18. The average molecular weight is 374 g/mol. The zero-order chi connectivity index (χ0) is 18.8. The maximum absolute atomic E-state index is 13.6. The third-order valence-electron chi connectivity index (χ3n) is 3.66. The van der Waals surface area contributed by atoms with Gasteiger partial charge in [0.1, 0.15) is 12.4 Å². The van der Waals surface area contributed by atoms with E-state index in [1.54, 1.807) is 13.0 Å². The standard InChI is InChI=1S/C16H15FN6O2S/c1-9-4-12-11(5-10(9)17)20-16(26-12)21-13(25)6-23-7-19-15(14(23)18-2)22(3)8-24/h4-5,7-8H,2,6H2,1,3H3,(H,20,21,25). The number of rotatable bonds is 6. The van der Waals surface area contributed by atoms with E-state index in [-0.39, 0.29) is 18.3 Å². The summed E-state index contributed by atoms with van der Waals surface area (Å²) in [4.78, 5) is 36.5. The Bertz CT molecular complexity index is 973. The van der Waals surface area contributed by atoms with Crippen molar-refractivity contribution in [2.75, 3.05) is 17.3 Å². The minimum Gasteiger partial charge on any atom is -0.304 e. The van der Waals surface area contributed by atoms with Crippen molar-refractivity contribution in [2.24, 2.45) is 4.99 Å². The summed E-state index contributed by atoms with van der Waals surface area (Å²) in [6.45, 7) is 5.03. The molecule has 0 aliphatic carbocycles. The number of benzene rings is 1. The summed E-state index contributed by atoms with van der Waals surface area (Å²) in [6.07, 6.45) is 1.99. The Morgan fingerprint density at radius 3 is 3.00 bits per heavy atom. The number of amides is 2. The Balaban J connectivity index is 1.78. The van der Waals surface area contributed by atoms with Gasteiger partial charge in [0, 0.05) is 13.1 Å². The number of hydrogen-bond donors (Lipinski definition) is 1. The van der Waals surface area contributed by atoms with Crippen molar-refractivity contribution in [3.8, 4) is 0 Å². The fourth-order valence-electron chi connectivity index (χ4n) is 2.36. The lowest BCUT2D eigenvalue weighted by Gasteiger charge is -2.09. The van der Waals surface area contributed by atoms with E-state index in [0.717, 1.165) is 4.70 Å². The number of anilines is 2. The van der Waals surface area contributed by atoms with Crippen LogP contribution < -0.4 is 10.2 Å². The van der Waals surface area contributed by atoms with Crippen molar-refractivity contribution >= 4 is 57.4 Å². The van der Waals surface area contributed by atoms with E-state index < -0.39 is 0 Å². The summed E-state index contributed by atoms with van der Waals surface area (Å²) in [5, 5.41) is 3.04. The second-order valence-corrected chi connectivity index (χ2v) is 6.56. The monoisotopic (exact) mass is 374 g/mol. The van der Waals surface area contributed by atoms with Gasteiger partial charge in [-0.3, -0.25) is 14.5 Å². The summed E-state index contributed by atoms with van der Waals surface area (Å²) in [5.41, 5.74) is 1.00. The minimum atomic E-state index is -0.358. The van der Waals surface area contributed by atoms with Crippen LogP contribution >= 0.6 is 11.3 Å². The minimum absolute atomic E-state index is 0.0859. The molecule has 0 aliphatic heterocycles. The highest BCUT2D eigenvalue weighted by molar-refractivity contribution is 7.22. The second-order valence-electron chi connectivity index (χ2n) is 5.53. The Labute approximate surface area is 152 Å². The Hall–Kier alpha value is -3.14. The first-order valence-corrected chi connectivity index (χ1v) is 8.31.